The summed E-state index contributed by atoms with van der Waals surface area (Å²) in [7, 11) is 1.59. The number of nitrogens with zero attached hydrogens (tertiary/aromatic N) is 1. The van der Waals surface area contributed by atoms with Crippen LogP contribution in [-0.4, -0.2) is 13.1 Å². The van der Waals surface area contributed by atoms with Gasteiger partial charge in [-0.2, -0.15) is 0 Å². The van der Waals surface area contributed by atoms with Crippen LogP contribution in [0.5, 0.6) is 5.75 Å². The summed E-state index contributed by atoms with van der Waals surface area (Å²) in [6.45, 7) is 1.45. The van der Waals surface area contributed by atoms with Gasteiger partial charge >= 0.3 is 5.97 Å². The fraction of sp³-hybridized carbons (Fsp3) is 0.138. The Morgan fingerprint density at radius 3 is 1.76 bits per heavy atom. The topological polar surface area (TPSA) is 38.8 Å². The van der Waals surface area contributed by atoms with Gasteiger partial charge in [-0.3, -0.25) is 0 Å². The Bertz CT molecular complexity index is 1170. The van der Waals surface area contributed by atoms with E-state index in [-0.39, 0.29) is 6.61 Å². The third kappa shape index (κ3) is 6.06. The van der Waals surface area contributed by atoms with E-state index < -0.39 is 5.97 Å². The summed E-state index contributed by atoms with van der Waals surface area (Å²) in [5.41, 5.74) is 4.44. The molecule has 0 saturated carbocycles. The molecule has 0 aliphatic heterocycles. The zero-order valence-electron chi connectivity index (χ0n) is 19.0. The maximum atomic E-state index is 13.3. The highest BCUT2D eigenvalue weighted by Crippen LogP contribution is 2.37. The first-order valence-corrected chi connectivity index (χ1v) is 11.8. The molecule has 0 bridgehead atoms. The number of benzene rings is 4. The summed E-state index contributed by atoms with van der Waals surface area (Å²) in [5.74, 6) is 0.186. The molecule has 0 spiro atoms. The molecule has 34 heavy (non-hydrogen) atoms. The quantitative estimate of drug-likeness (QED) is 0.224. The van der Waals surface area contributed by atoms with Gasteiger partial charge in [-0.25, -0.2) is 4.79 Å². The highest BCUT2D eigenvalue weighted by molar-refractivity contribution is 9.10. The van der Waals surface area contributed by atoms with Crippen molar-refractivity contribution in [3.05, 3.63) is 130 Å². The second-order valence-electron chi connectivity index (χ2n) is 7.89. The van der Waals surface area contributed by atoms with Crippen LogP contribution in [0.4, 0.5) is 5.69 Å². The van der Waals surface area contributed by atoms with Gasteiger partial charge in [0.05, 0.1) is 18.4 Å². The molecular formula is C29H26BrNO3. The van der Waals surface area contributed by atoms with E-state index in [2.05, 4.69) is 45.1 Å². The van der Waals surface area contributed by atoms with Crippen molar-refractivity contribution in [3.63, 3.8) is 0 Å². The summed E-state index contributed by atoms with van der Waals surface area (Å²) in [6.07, 6.45) is 0. The van der Waals surface area contributed by atoms with Crippen molar-refractivity contribution in [2.75, 3.05) is 12.0 Å². The first kappa shape index (κ1) is 23.6. The van der Waals surface area contributed by atoms with Gasteiger partial charge in [-0.05, 0) is 44.8 Å². The molecule has 0 aliphatic carbocycles. The van der Waals surface area contributed by atoms with Crippen LogP contribution in [0, 0.1) is 0 Å². The van der Waals surface area contributed by atoms with Gasteiger partial charge < -0.3 is 14.4 Å². The van der Waals surface area contributed by atoms with Crippen molar-refractivity contribution in [3.8, 4) is 5.75 Å². The molecule has 172 valence electrons. The second kappa shape index (κ2) is 11.5. The Balaban J connectivity index is 1.72. The van der Waals surface area contributed by atoms with E-state index in [1.807, 2.05) is 72.8 Å². The van der Waals surface area contributed by atoms with Gasteiger partial charge in [0.1, 0.15) is 12.4 Å². The molecule has 0 unspecified atom stereocenters. The molecule has 0 heterocycles. The number of halogens is 1. The lowest BCUT2D eigenvalue weighted by Crippen LogP contribution is -2.25. The fourth-order valence-corrected chi connectivity index (χ4v) is 4.48. The van der Waals surface area contributed by atoms with Gasteiger partial charge in [-0.1, -0.05) is 91.0 Å². The van der Waals surface area contributed by atoms with E-state index in [0.29, 0.717) is 24.4 Å². The number of carbonyl (C=O) groups is 1. The van der Waals surface area contributed by atoms with Gasteiger partial charge in [0.15, 0.2) is 0 Å². The van der Waals surface area contributed by atoms with Gasteiger partial charge in [-0.15, -0.1) is 0 Å². The molecule has 0 N–H and O–H groups in total. The van der Waals surface area contributed by atoms with E-state index >= 15 is 0 Å². The molecule has 0 amide bonds. The van der Waals surface area contributed by atoms with Crippen LogP contribution in [0.2, 0.25) is 0 Å². The minimum absolute atomic E-state index is 0.200. The summed E-state index contributed by atoms with van der Waals surface area (Å²) in [4.78, 5) is 15.5. The molecule has 0 saturated heterocycles. The molecule has 0 fully saturated rings. The third-order valence-electron chi connectivity index (χ3n) is 5.45. The molecule has 4 rings (SSSR count). The lowest BCUT2D eigenvalue weighted by Gasteiger charge is -2.28. The minimum atomic E-state index is -0.399. The fourth-order valence-electron chi connectivity index (χ4n) is 3.79. The first-order chi connectivity index (χ1) is 16.6. The molecule has 4 nitrogen and oxygen atoms in total. The number of carbonyl (C=O) groups excluding carboxylic acids is 1. The van der Waals surface area contributed by atoms with E-state index in [1.54, 1.807) is 13.2 Å². The van der Waals surface area contributed by atoms with E-state index in [9.17, 15) is 4.79 Å². The Hall–Kier alpha value is -3.57. The van der Waals surface area contributed by atoms with Crippen molar-refractivity contribution in [2.45, 2.75) is 19.7 Å². The zero-order valence-corrected chi connectivity index (χ0v) is 20.6. The molecule has 0 radical (unpaired) electrons. The zero-order chi connectivity index (χ0) is 23.8. The van der Waals surface area contributed by atoms with Crippen molar-refractivity contribution in [1.82, 2.24) is 0 Å². The van der Waals surface area contributed by atoms with E-state index in [4.69, 9.17) is 9.47 Å². The van der Waals surface area contributed by atoms with Gasteiger partial charge in [0.2, 0.25) is 0 Å². The van der Waals surface area contributed by atoms with Crippen LogP contribution >= 0.6 is 15.9 Å². The summed E-state index contributed by atoms with van der Waals surface area (Å²) in [5, 5.41) is 0. The number of esters is 1. The largest absolute Gasteiger partial charge is 0.497 e. The Morgan fingerprint density at radius 2 is 1.26 bits per heavy atom. The van der Waals surface area contributed by atoms with E-state index in [1.165, 1.54) is 0 Å². The number of hydrogen-bond donors (Lipinski definition) is 0. The normalized spacial score (nSPS) is 10.5. The average Bonchev–Trinajstić information content (AvgIpc) is 2.88. The van der Waals surface area contributed by atoms with Gasteiger partial charge in [0.25, 0.3) is 0 Å². The lowest BCUT2D eigenvalue weighted by atomic mass is 10.1. The van der Waals surface area contributed by atoms with Gasteiger partial charge in [0, 0.05) is 17.6 Å². The van der Waals surface area contributed by atoms with Crippen molar-refractivity contribution in [1.29, 1.82) is 0 Å². The van der Waals surface area contributed by atoms with Crippen LogP contribution in [0.15, 0.2) is 108 Å². The second-order valence-corrected chi connectivity index (χ2v) is 8.75. The Kier molecular flexibility index (Phi) is 7.99. The minimum Gasteiger partial charge on any atom is -0.497 e. The maximum absolute atomic E-state index is 13.3. The van der Waals surface area contributed by atoms with E-state index in [0.717, 1.165) is 26.9 Å². The molecular weight excluding hydrogens is 490 g/mol. The predicted octanol–water partition coefficient (Wildman–Crippen LogP) is 7.02. The highest BCUT2D eigenvalue weighted by Gasteiger charge is 2.23. The summed E-state index contributed by atoms with van der Waals surface area (Å²) in [6, 6.07) is 33.7. The van der Waals surface area contributed by atoms with Crippen molar-refractivity contribution >= 4 is 27.6 Å². The lowest BCUT2D eigenvalue weighted by molar-refractivity contribution is 0.0473. The predicted molar refractivity (Wildman–Crippen MR) is 139 cm³/mol. The maximum Gasteiger partial charge on any atom is 0.340 e. The molecule has 4 aromatic carbocycles. The molecule has 5 heteroatoms. The summed E-state index contributed by atoms with van der Waals surface area (Å²) >= 11 is 3.70. The standard InChI is InChI=1S/C29H26BrNO3/c1-33-25-17-26(29(32)34-21-24-15-9-4-10-16-24)28(27(30)18-25)31(19-22-11-5-2-6-12-22)20-23-13-7-3-8-14-23/h2-18H,19-21H2,1H3. The SMILES string of the molecule is COc1cc(Br)c(N(Cc2ccccc2)Cc2ccccc2)c(C(=O)OCc2ccccc2)c1. The average molecular weight is 516 g/mol. The third-order valence-corrected chi connectivity index (χ3v) is 6.06. The molecule has 4 aromatic rings. The molecule has 0 atom stereocenters. The number of rotatable bonds is 9. The highest BCUT2D eigenvalue weighted by atomic mass is 79.9. The number of hydrogen-bond acceptors (Lipinski definition) is 4. The van der Waals surface area contributed by atoms with Crippen LogP contribution < -0.4 is 9.64 Å². The first-order valence-electron chi connectivity index (χ1n) is 11.1. The van der Waals surface area contributed by atoms with Crippen LogP contribution in [0.25, 0.3) is 0 Å². The van der Waals surface area contributed by atoms with Crippen LogP contribution in [0.1, 0.15) is 27.0 Å². The smallest absolute Gasteiger partial charge is 0.340 e. The Labute approximate surface area is 208 Å². The Morgan fingerprint density at radius 1 is 0.765 bits per heavy atom. The van der Waals surface area contributed by atoms with Crippen molar-refractivity contribution in [2.24, 2.45) is 0 Å². The monoisotopic (exact) mass is 515 g/mol. The van der Waals surface area contributed by atoms with Crippen LogP contribution in [0.3, 0.4) is 0 Å². The summed E-state index contributed by atoms with van der Waals surface area (Å²) < 4.78 is 12.0. The number of anilines is 1. The number of methoxy groups -OCH3 is 1. The van der Waals surface area contributed by atoms with Crippen LogP contribution in [-0.2, 0) is 24.4 Å². The molecule has 0 aliphatic rings. The van der Waals surface area contributed by atoms with Crippen molar-refractivity contribution < 1.29 is 14.3 Å². The number of ether oxygens (including phenoxy) is 2. The molecule has 0 aromatic heterocycles.